The Morgan fingerprint density at radius 1 is 1.11 bits per heavy atom. The van der Waals surface area contributed by atoms with Crippen molar-refractivity contribution in [3.8, 4) is 11.5 Å². The van der Waals surface area contributed by atoms with Crippen molar-refractivity contribution < 1.29 is 18.0 Å². The van der Waals surface area contributed by atoms with Gasteiger partial charge in [0.15, 0.2) is 11.5 Å². The van der Waals surface area contributed by atoms with E-state index in [1.54, 1.807) is 55.1 Å². The van der Waals surface area contributed by atoms with Gasteiger partial charge in [0.2, 0.25) is 5.91 Å². The first-order valence-corrected chi connectivity index (χ1v) is 11.6. The van der Waals surface area contributed by atoms with Gasteiger partial charge in [0.05, 0.1) is 29.5 Å². The van der Waals surface area contributed by atoms with Crippen LogP contribution in [0.4, 0.5) is 24.8 Å². The van der Waals surface area contributed by atoms with Crippen molar-refractivity contribution >= 4 is 28.6 Å². The Bertz CT molecular complexity index is 1530. The van der Waals surface area contributed by atoms with Crippen LogP contribution < -0.4 is 10.2 Å². The molecule has 36 heavy (non-hydrogen) atoms. The zero-order valence-corrected chi connectivity index (χ0v) is 19.6. The lowest BCUT2D eigenvalue weighted by Gasteiger charge is -2.24. The monoisotopic (exact) mass is 493 g/mol. The number of halogens is 3. The van der Waals surface area contributed by atoms with Crippen LogP contribution >= 0.6 is 0 Å². The van der Waals surface area contributed by atoms with Crippen LogP contribution in [-0.2, 0) is 16.8 Å². The molecule has 3 aromatic heterocycles. The molecule has 0 spiro atoms. The third-order valence-corrected chi connectivity index (χ3v) is 6.78. The highest BCUT2D eigenvalue weighted by atomic mass is 19.3. The average molecular weight is 493 g/mol. The van der Waals surface area contributed by atoms with Gasteiger partial charge >= 0.3 is 0 Å². The molecule has 0 radical (unpaired) electrons. The van der Waals surface area contributed by atoms with E-state index in [-0.39, 0.29) is 48.7 Å². The number of amides is 1. The summed E-state index contributed by atoms with van der Waals surface area (Å²) in [5.41, 5.74) is 0.793. The fourth-order valence-electron chi connectivity index (χ4n) is 4.82. The molecule has 2 aliphatic rings. The molecule has 1 N–H and O–H groups in total. The summed E-state index contributed by atoms with van der Waals surface area (Å²) < 4.78 is 44.2. The molecule has 4 aromatic rings. The lowest BCUT2D eigenvalue weighted by atomic mass is 9.87. The van der Waals surface area contributed by atoms with Crippen molar-refractivity contribution in [2.45, 2.75) is 38.2 Å². The van der Waals surface area contributed by atoms with Crippen molar-refractivity contribution in [2.75, 3.05) is 23.3 Å². The van der Waals surface area contributed by atoms with Crippen LogP contribution in [0.3, 0.4) is 0 Å². The highest BCUT2D eigenvalue weighted by Crippen LogP contribution is 2.45. The van der Waals surface area contributed by atoms with Gasteiger partial charge in [-0.15, -0.1) is 0 Å². The summed E-state index contributed by atoms with van der Waals surface area (Å²) in [5.74, 6) is -2.77. The molecule has 184 valence electrons. The highest BCUT2D eigenvalue weighted by molar-refractivity contribution is 6.06. The minimum Gasteiger partial charge on any atom is -0.350 e. The van der Waals surface area contributed by atoms with E-state index >= 15 is 0 Å². The second-order valence-corrected chi connectivity index (χ2v) is 9.67. The van der Waals surface area contributed by atoms with Gasteiger partial charge in [0, 0.05) is 24.7 Å². The first-order valence-electron chi connectivity index (χ1n) is 11.6. The van der Waals surface area contributed by atoms with Crippen molar-refractivity contribution in [1.29, 1.82) is 0 Å². The van der Waals surface area contributed by atoms with Gasteiger partial charge in [-0.1, -0.05) is 18.2 Å². The molecule has 1 amide bonds. The van der Waals surface area contributed by atoms with E-state index in [9.17, 15) is 18.0 Å². The molecule has 5 heterocycles. The molecule has 6 rings (SSSR count). The van der Waals surface area contributed by atoms with Crippen molar-refractivity contribution in [3.05, 3.63) is 59.5 Å². The first kappa shape index (κ1) is 22.4. The molecular formula is C25H22F3N7O. The number of hydrogen-bond donors (Lipinski definition) is 1. The van der Waals surface area contributed by atoms with E-state index in [4.69, 9.17) is 4.98 Å². The maximum atomic E-state index is 14.4. The molecule has 0 saturated carbocycles. The van der Waals surface area contributed by atoms with Gasteiger partial charge in [-0.25, -0.2) is 32.8 Å². The van der Waals surface area contributed by atoms with E-state index in [0.717, 1.165) is 0 Å². The molecule has 0 atom stereocenters. The van der Waals surface area contributed by atoms with E-state index in [1.807, 2.05) is 0 Å². The maximum absolute atomic E-state index is 14.4. The largest absolute Gasteiger partial charge is 0.350 e. The number of carbonyl (C=O) groups excluding carboxylic acids is 1. The molecule has 0 aliphatic carbocycles. The summed E-state index contributed by atoms with van der Waals surface area (Å²) in [6, 6.07) is 9.93. The van der Waals surface area contributed by atoms with Gasteiger partial charge < -0.3 is 10.2 Å². The number of rotatable bonds is 4. The van der Waals surface area contributed by atoms with Crippen molar-refractivity contribution in [3.63, 3.8) is 0 Å². The third-order valence-electron chi connectivity index (χ3n) is 6.78. The van der Waals surface area contributed by atoms with E-state index in [1.165, 1.54) is 11.0 Å². The Hall–Kier alpha value is -4.02. The summed E-state index contributed by atoms with van der Waals surface area (Å²) in [5, 5.41) is 8.06. The molecule has 8 nitrogen and oxygen atoms in total. The molecule has 0 unspecified atom stereocenters. The molecule has 1 saturated heterocycles. The topological polar surface area (TPSA) is 88.8 Å². The molecule has 2 aliphatic heterocycles. The second-order valence-electron chi connectivity index (χ2n) is 9.67. The zero-order valence-electron chi connectivity index (χ0n) is 19.6. The van der Waals surface area contributed by atoms with Crippen molar-refractivity contribution in [2.24, 2.45) is 0 Å². The number of aromatic nitrogens is 5. The summed E-state index contributed by atoms with van der Waals surface area (Å²) in [6.07, 6.45) is 1.31. The van der Waals surface area contributed by atoms with Gasteiger partial charge in [0.1, 0.15) is 23.1 Å². The van der Waals surface area contributed by atoms with Gasteiger partial charge in [-0.05, 0) is 32.0 Å². The fourth-order valence-corrected chi connectivity index (χ4v) is 4.82. The number of benzene rings is 1. The molecule has 1 fully saturated rings. The number of pyridine rings is 1. The summed E-state index contributed by atoms with van der Waals surface area (Å²) in [7, 11) is 0. The Labute approximate surface area is 204 Å². The molecule has 11 heteroatoms. The van der Waals surface area contributed by atoms with Crippen LogP contribution in [0.25, 0.3) is 22.6 Å². The normalized spacial score (nSPS) is 18.0. The van der Waals surface area contributed by atoms with Gasteiger partial charge in [-0.3, -0.25) is 4.79 Å². The Kier molecular flexibility index (Phi) is 4.83. The van der Waals surface area contributed by atoms with Crippen LogP contribution in [0.2, 0.25) is 0 Å². The van der Waals surface area contributed by atoms with Crippen LogP contribution in [0.15, 0.2) is 42.6 Å². The van der Waals surface area contributed by atoms with Crippen LogP contribution in [0.5, 0.6) is 0 Å². The maximum Gasteiger partial charge on any atom is 0.266 e. The highest BCUT2D eigenvalue weighted by Gasteiger charge is 2.47. The summed E-state index contributed by atoms with van der Waals surface area (Å²) in [4.78, 5) is 27.9. The van der Waals surface area contributed by atoms with E-state index in [0.29, 0.717) is 27.9 Å². The van der Waals surface area contributed by atoms with E-state index in [2.05, 4.69) is 20.4 Å². The first-order chi connectivity index (χ1) is 17.1. The molecular weight excluding hydrogens is 471 g/mol. The number of carbonyl (C=O) groups is 1. The number of alkyl halides is 2. The number of nitrogens with one attached hydrogen (secondary N) is 1. The summed E-state index contributed by atoms with van der Waals surface area (Å²) >= 11 is 0. The van der Waals surface area contributed by atoms with Gasteiger partial charge in [0.25, 0.3) is 5.92 Å². The lowest BCUT2D eigenvalue weighted by molar-refractivity contribution is -0.119. The smallest absolute Gasteiger partial charge is 0.266 e. The van der Waals surface area contributed by atoms with Gasteiger partial charge in [-0.2, -0.15) is 5.10 Å². The number of nitrogens with zero attached hydrogens (tertiary/aromatic N) is 6. The number of fused-ring (bicyclic) bond motifs is 2. The minimum absolute atomic E-state index is 0.101. The Morgan fingerprint density at radius 3 is 2.67 bits per heavy atom. The quantitative estimate of drug-likeness (QED) is 0.460. The fraction of sp³-hybridized carbons (Fsp3) is 0.320. The third kappa shape index (κ3) is 3.49. The molecule has 0 bridgehead atoms. The predicted octanol–water partition coefficient (Wildman–Crippen LogP) is 4.15. The molecule has 1 aromatic carbocycles. The van der Waals surface area contributed by atoms with Crippen LogP contribution in [0, 0.1) is 5.82 Å². The van der Waals surface area contributed by atoms with E-state index < -0.39 is 17.9 Å². The summed E-state index contributed by atoms with van der Waals surface area (Å²) in [6.45, 7) is 3.17. The average Bonchev–Trinajstić information content (AvgIpc) is 3.46. The minimum atomic E-state index is -2.85. The number of anilines is 2. The predicted molar refractivity (Wildman–Crippen MR) is 127 cm³/mol. The zero-order chi connectivity index (χ0) is 25.2. The second kappa shape index (κ2) is 7.74. The Morgan fingerprint density at radius 2 is 1.92 bits per heavy atom. The van der Waals surface area contributed by atoms with Crippen molar-refractivity contribution in [1.82, 2.24) is 24.7 Å². The Balaban J connectivity index is 1.52. The van der Waals surface area contributed by atoms with Crippen LogP contribution in [0.1, 0.15) is 31.4 Å². The standard InChI is InChI=1S/C25H22F3N7O/c1-24(2)17-19(32-23(24)36)30-20(31-22(17)34-11-9-25(27,28)13-34)18-15-7-5-10-29-21(15)35(33-18)12-14-6-3-4-8-16(14)26/h3-8,10H,9,11-13H2,1-2H3,(H,30,31,32,36). The lowest BCUT2D eigenvalue weighted by Crippen LogP contribution is -2.31. The SMILES string of the molecule is CC1(C)C(=O)Nc2nc(-c3nn(Cc4ccccc4F)c4ncccc34)nc(N3CCC(F)(F)C3)c21. The number of hydrogen-bond acceptors (Lipinski definition) is 6. The van der Waals surface area contributed by atoms with Crippen LogP contribution in [-0.4, -0.2) is 49.7 Å².